The van der Waals surface area contributed by atoms with Crippen LogP contribution in [0.1, 0.15) is 26.7 Å². The topological polar surface area (TPSA) is 50.4 Å². The van der Waals surface area contributed by atoms with E-state index in [1.54, 1.807) is 7.05 Å². The Morgan fingerprint density at radius 1 is 1.64 bits per heavy atom. The Bertz CT molecular complexity index is 197. The molecular weight excluding hydrogens is 180 g/mol. The summed E-state index contributed by atoms with van der Waals surface area (Å²) in [5.74, 6) is 0.0802. The van der Waals surface area contributed by atoms with Crippen molar-refractivity contribution in [2.45, 2.75) is 44.9 Å². The lowest BCUT2D eigenvalue weighted by Crippen LogP contribution is -2.42. The van der Waals surface area contributed by atoms with Gasteiger partial charge in [-0.25, -0.2) is 0 Å². The second-order valence-electron chi connectivity index (χ2n) is 3.92. The van der Waals surface area contributed by atoms with Crippen LogP contribution < -0.4 is 10.6 Å². The van der Waals surface area contributed by atoms with Gasteiger partial charge in [-0.2, -0.15) is 0 Å². The molecule has 0 aromatic rings. The van der Waals surface area contributed by atoms with Crippen molar-refractivity contribution in [3.63, 3.8) is 0 Å². The van der Waals surface area contributed by atoms with Gasteiger partial charge in [-0.1, -0.05) is 0 Å². The molecule has 1 saturated heterocycles. The molecule has 3 unspecified atom stereocenters. The molecular formula is C10H20N2O2. The van der Waals surface area contributed by atoms with E-state index < -0.39 is 0 Å². The normalized spacial score (nSPS) is 28.8. The van der Waals surface area contributed by atoms with Gasteiger partial charge in [0.2, 0.25) is 5.91 Å². The third-order valence-electron chi connectivity index (χ3n) is 2.65. The van der Waals surface area contributed by atoms with Gasteiger partial charge in [-0.05, 0) is 20.3 Å². The molecule has 2 N–H and O–H groups in total. The number of carbonyl (C=O) groups is 1. The molecule has 1 fully saturated rings. The first-order valence-corrected chi connectivity index (χ1v) is 5.21. The average Bonchev–Trinajstić information content (AvgIpc) is 2.51. The Morgan fingerprint density at radius 2 is 2.36 bits per heavy atom. The van der Waals surface area contributed by atoms with Crippen LogP contribution in [-0.2, 0) is 9.53 Å². The summed E-state index contributed by atoms with van der Waals surface area (Å²) in [6.07, 6.45) is 1.83. The fourth-order valence-corrected chi connectivity index (χ4v) is 1.76. The van der Waals surface area contributed by atoms with Gasteiger partial charge < -0.3 is 15.4 Å². The molecule has 1 amide bonds. The zero-order chi connectivity index (χ0) is 10.6. The van der Waals surface area contributed by atoms with Gasteiger partial charge in [0.05, 0.1) is 6.10 Å². The summed E-state index contributed by atoms with van der Waals surface area (Å²) in [7, 11) is 1.66. The molecule has 1 rings (SSSR count). The van der Waals surface area contributed by atoms with Crippen molar-refractivity contribution in [3.8, 4) is 0 Å². The fraction of sp³-hybridized carbons (Fsp3) is 0.900. The van der Waals surface area contributed by atoms with E-state index in [4.69, 9.17) is 4.74 Å². The summed E-state index contributed by atoms with van der Waals surface area (Å²) >= 11 is 0. The van der Waals surface area contributed by atoms with Crippen LogP contribution in [-0.4, -0.2) is 37.7 Å². The molecule has 0 spiro atoms. The van der Waals surface area contributed by atoms with Crippen LogP contribution in [0.4, 0.5) is 0 Å². The maximum Gasteiger partial charge on any atom is 0.221 e. The number of ether oxygens (including phenoxy) is 1. The van der Waals surface area contributed by atoms with Crippen molar-refractivity contribution in [3.05, 3.63) is 0 Å². The summed E-state index contributed by atoms with van der Waals surface area (Å²) in [6, 6.07) is 0.610. The number of rotatable bonds is 4. The zero-order valence-corrected chi connectivity index (χ0v) is 9.17. The van der Waals surface area contributed by atoms with Crippen molar-refractivity contribution in [1.29, 1.82) is 0 Å². The lowest BCUT2D eigenvalue weighted by molar-refractivity contribution is -0.121. The highest BCUT2D eigenvalue weighted by molar-refractivity contribution is 5.76. The number of amides is 1. The van der Waals surface area contributed by atoms with E-state index in [9.17, 15) is 4.79 Å². The largest absolute Gasteiger partial charge is 0.377 e. The molecule has 1 aliphatic rings. The molecule has 4 heteroatoms. The highest BCUT2D eigenvalue weighted by Gasteiger charge is 2.25. The van der Waals surface area contributed by atoms with E-state index in [-0.39, 0.29) is 18.1 Å². The van der Waals surface area contributed by atoms with Gasteiger partial charge in [0.15, 0.2) is 0 Å². The predicted molar refractivity (Wildman–Crippen MR) is 55.1 cm³/mol. The minimum Gasteiger partial charge on any atom is -0.377 e. The van der Waals surface area contributed by atoms with Crippen LogP contribution in [0.5, 0.6) is 0 Å². The maximum absolute atomic E-state index is 11.1. The first kappa shape index (κ1) is 11.5. The van der Waals surface area contributed by atoms with E-state index in [2.05, 4.69) is 17.6 Å². The molecule has 4 nitrogen and oxygen atoms in total. The van der Waals surface area contributed by atoms with Crippen LogP contribution in [0.3, 0.4) is 0 Å². The monoisotopic (exact) mass is 200 g/mol. The summed E-state index contributed by atoms with van der Waals surface area (Å²) in [4.78, 5) is 11.1. The van der Waals surface area contributed by atoms with Crippen LogP contribution >= 0.6 is 0 Å². The Hall–Kier alpha value is -0.610. The van der Waals surface area contributed by atoms with Gasteiger partial charge in [0, 0.05) is 32.2 Å². The summed E-state index contributed by atoms with van der Waals surface area (Å²) < 4.78 is 5.43. The molecule has 0 bridgehead atoms. The minimum atomic E-state index is 0.0802. The van der Waals surface area contributed by atoms with Crippen LogP contribution in [0.25, 0.3) is 0 Å². The van der Waals surface area contributed by atoms with Crippen molar-refractivity contribution >= 4 is 5.91 Å². The number of hydrogen-bond acceptors (Lipinski definition) is 3. The third-order valence-corrected chi connectivity index (χ3v) is 2.65. The molecule has 3 atom stereocenters. The summed E-state index contributed by atoms with van der Waals surface area (Å²) in [5.41, 5.74) is 0. The van der Waals surface area contributed by atoms with Crippen molar-refractivity contribution in [2.24, 2.45) is 0 Å². The molecule has 0 saturated carbocycles. The molecule has 14 heavy (non-hydrogen) atoms. The second kappa shape index (κ2) is 5.32. The Labute approximate surface area is 85.4 Å². The van der Waals surface area contributed by atoms with Crippen LogP contribution in [0, 0.1) is 0 Å². The highest BCUT2D eigenvalue weighted by atomic mass is 16.5. The van der Waals surface area contributed by atoms with Crippen LogP contribution in [0.15, 0.2) is 0 Å². The molecule has 82 valence electrons. The average molecular weight is 200 g/mol. The van der Waals surface area contributed by atoms with E-state index in [1.165, 1.54) is 0 Å². The SMILES string of the molecule is CNC(=O)CC(C)NC1CCOC1C. The van der Waals surface area contributed by atoms with Gasteiger partial charge in [-0.15, -0.1) is 0 Å². The smallest absolute Gasteiger partial charge is 0.221 e. The van der Waals surface area contributed by atoms with Crippen LogP contribution in [0.2, 0.25) is 0 Å². The molecule has 0 radical (unpaired) electrons. The highest BCUT2D eigenvalue weighted by Crippen LogP contribution is 2.13. The summed E-state index contributed by atoms with van der Waals surface area (Å²) in [5, 5.41) is 6.03. The number of carbonyl (C=O) groups excluding carboxylic acids is 1. The fourth-order valence-electron chi connectivity index (χ4n) is 1.76. The lowest BCUT2D eigenvalue weighted by Gasteiger charge is -2.21. The van der Waals surface area contributed by atoms with E-state index >= 15 is 0 Å². The molecule has 1 aliphatic heterocycles. The first-order chi connectivity index (χ1) is 6.63. The quantitative estimate of drug-likeness (QED) is 0.685. The Morgan fingerprint density at radius 3 is 2.86 bits per heavy atom. The maximum atomic E-state index is 11.1. The first-order valence-electron chi connectivity index (χ1n) is 5.21. The third kappa shape index (κ3) is 3.27. The molecule has 1 heterocycles. The van der Waals surface area contributed by atoms with Gasteiger partial charge in [-0.3, -0.25) is 4.79 Å². The second-order valence-corrected chi connectivity index (χ2v) is 3.92. The van der Waals surface area contributed by atoms with E-state index in [0.29, 0.717) is 12.5 Å². The van der Waals surface area contributed by atoms with Crippen molar-refractivity contribution in [2.75, 3.05) is 13.7 Å². The zero-order valence-electron chi connectivity index (χ0n) is 9.17. The van der Waals surface area contributed by atoms with E-state index in [1.807, 2.05) is 6.92 Å². The standard InChI is InChI=1S/C10H20N2O2/c1-7(6-10(13)11-3)12-9-4-5-14-8(9)2/h7-9,12H,4-6H2,1-3H3,(H,11,13). The molecule has 0 aliphatic carbocycles. The van der Waals surface area contributed by atoms with Crippen molar-refractivity contribution in [1.82, 2.24) is 10.6 Å². The summed E-state index contributed by atoms with van der Waals surface area (Å²) in [6.45, 7) is 4.92. The Balaban J connectivity index is 2.25. The van der Waals surface area contributed by atoms with Gasteiger partial charge in [0.1, 0.15) is 0 Å². The molecule has 0 aromatic carbocycles. The predicted octanol–water partition coefficient (Wildman–Crippen LogP) is 0.278. The Kier molecular flexibility index (Phi) is 4.35. The number of hydrogen-bond donors (Lipinski definition) is 2. The van der Waals surface area contributed by atoms with Gasteiger partial charge >= 0.3 is 0 Å². The van der Waals surface area contributed by atoms with Crippen molar-refractivity contribution < 1.29 is 9.53 Å². The lowest BCUT2D eigenvalue weighted by atomic mass is 10.1. The van der Waals surface area contributed by atoms with E-state index in [0.717, 1.165) is 13.0 Å². The number of nitrogens with one attached hydrogen (secondary N) is 2. The van der Waals surface area contributed by atoms with Gasteiger partial charge in [0.25, 0.3) is 0 Å². The molecule has 0 aromatic heterocycles. The minimum absolute atomic E-state index is 0.0802.